The van der Waals surface area contributed by atoms with Crippen molar-refractivity contribution in [3.8, 4) is 0 Å². The lowest BCUT2D eigenvalue weighted by Crippen LogP contribution is -2.60. The fraction of sp³-hybridized carbons (Fsp3) is 0.938. The van der Waals surface area contributed by atoms with Crippen molar-refractivity contribution >= 4 is 5.91 Å². The van der Waals surface area contributed by atoms with Gasteiger partial charge in [-0.3, -0.25) is 4.79 Å². The van der Waals surface area contributed by atoms with Gasteiger partial charge in [-0.2, -0.15) is 0 Å². The summed E-state index contributed by atoms with van der Waals surface area (Å²) in [7, 11) is 0. The molecule has 1 fully saturated rings. The van der Waals surface area contributed by atoms with Crippen LogP contribution in [0.1, 0.15) is 226 Å². The molecule has 1 saturated heterocycles. The predicted octanol–water partition coefficient (Wildman–Crippen LogP) is 10.4. The summed E-state index contributed by atoms with van der Waals surface area (Å²) in [6.45, 7) is 6.14. The van der Waals surface area contributed by atoms with E-state index in [4.69, 9.17) is 9.47 Å². The Kier molecular flexibility index (Phi) is 35.9. The Morgan fingerprint density at radius 1 is 0.649 bits per heavy atom. The van der Waals surface area contributed by atoms with Crippen LogP contribution in [0.2, 0.25) is 0 Å². The molecule has 8 unspecified atom stereocenters. The molecule has 1 amide bonds. The largest absolute Gasteiger partial charge is 0.394 e. The first-order valence-corrected chi connectivity index (χ1v) is 24.3. The summed E-state index contributed by atoms with van der Waals surface area (Å²) >= 11 is 0. The number of nitrogens with one attached hydrogen (secondary N) is 1. The van der Waals surface area contributed by atoms with Crippen LogP contribution >= 0.6 is 0 Å². The third-order valence-electron chi connectivity index (χ3n) is 12.2. The maximum Gasteiger partial charge on any atom is 0.220 e. The molecule has 0 radical (unpaired) electrons. The number of carbonyl (C=O) groups excluding carboxylic acids is 1. The summed E-state index contributed by atoms with van der Waals surface area (Å²) in [6, 6.07) is -0.800. The highest BCUT2D eigenvalue weighted by atomic mass is 16.7. The van der Waals surface area contributed by atoms with E-state index < -0.39 is 49.5 Å². The highest BCUT2D eigenvalue weighted by molar-refractivity contribution is 5.76. The molecule has 0 spiro atoms. The van der Waals surface area contributed by atoms with Crippen molar-refractivity contribution < 1.29 is 39.8 Å². The van der Waals surface area contributed by atoms with E-state index in [1.807, 2.05) is 6.08 Å². The molecule has 8 atom stereocenters. The number of aliphatic hydroxyl groups is 5. The maximum absolute atomic E-state index is 13.0. The van der Waals surface area contributed by atoms with Crippen LogP contribution < -0.4 is 5.32 Å². The molecule has 1 aliphatic heterocycles. The van der Waals surface area contributed by atoms with Crippen molar-refractivity contribution in [2.24, 2.45) is 5.92 Å². The number of allylic oxidation sites excluding steroid dienone is 1. The molecular formula is C48H93NO8. The van der Waals surface area contributed by atoms with Gasteiger partial charge in [-0.05, 0) is 25.2 Å². The first kappa shape index (κ1) is 53.9. The molecule has 1 rings (SSSR count). The molecule has 0 aromatic carbocycles. The van der Waals surface area contributed by atoms with Crippen LogP contribution in [0.5, 0.6) is 0 Å². The molecule has 9 heteroatoms. The Morgan fingerprint density at radius 2 is 1.11 bits per heavy atom. The third-order valence-corrected chi connectivity index (χ3v) is 12.2. The molecule has 0 aromatic rings. The van der Waals surface area contributed by atoms with Crippen LogP contribution in [0.25, 0.3) is 0 Å². The Bertz CT molecular complexity index is 919. The molecule has 1 aliphatic rings. The van der Waals surface area contributed by atoms with Gasteiger partial charge in [-0.25, -0.2) is 0 Å². The number of unbranched alkanes of at least 4 members (excludes halogenated alkanes) is 27. The fourth-order valence-corrected chi connectivity index (χ4v) is 7.84. The van der Waals surface area contributed by atoms with Crippen molar-refractivity contribution in [1.29, 1.82) is 0 Å². The average molecular weight is 812 g/mol. The summed E-state index contributed by atoms with van der Waals surface area (Å²) in [4.78, 5) is 13.0. The van der Waals surface area contributed by atoms with E-state index in [9.17, 15) is 30.3 Å². The van der Waals surface area contributed by atoms with Gasteiger partial charge in [0.25, 0.3) is 0 Å². The van der Waals surface area contributed by atoms with Crippen LogP contribution in [0.4, 0.5) is 0 Å². The van der Waals surface area contributed by atoms with E-state index in [-0.39, 0.29) is 12.5 Å². The minimum atomic E-state index is -1.56. The van der Waals surface area contributed by atoms with Gasteiger partial charge in [0.15, 0.2) is 6.29 Å². The lowest BCUT2D eigenvalue weighted by Gasteiger charge is -2.40. The van der Waals surface area contributed by atoms with Crippen molar-refractivity contribution in [2.75, 3.05) is 13.2 Å². The summed E-state index contributed by atoms with van der Waals surface area (Å²) in [5.74, 6) is 0.670. The standard InChI is InChI=1S/C48H93NO8/c1-4-6-7-8-9-10-11-12-13-14-15-16-17-18-19-20-25-28-31-34-37-44(52)49-41(39-56-48-47(55)46(54)45(53)43(38-50)57-48)42(51)36-33-30-27-24-22-21-23-26-29-32-35-40(3)5-2/h33,36,40-43,45-48,50-51,53-55H,4-32,34-35,37-39H2,1-3H3,(H,49,52). The second-order valence-electron chi connectivity index (χ2n) is 17.5. The van der Waals surface area contributed by atoms with Gasteiger partial charge in [0.05, 0.1) is 25.4 Å². The maximum atomic E-state index is 13.0. The number of hydrogen-bond donors (Lipinski definition) is 6. The van der Waals surface area contributed by atoms with Gasteiger partial charge in [-0.15, -0.1) is 0 Å². The van der Waals surface area contributed by atoms with Crippen molar-refractivity contribution in [3.63, 3.8) is 0 Å². The van der Waals surface area contributed by atoms with E-state index >= 15 is 0 Å². The SMILES string of the molecule is CCCCCCCCCCCCCCCCCCCCCCC(=O)NC(COC1OC(CO)C(O)C(O)C1O)C(O)C=CCCCCCCCCCCC(C)CC. The van der Waals surface area contributed by atoms with E-state index in [2.05, 4.69) is 26.1 Å². The quantitative estimate of drug-likeness (QED) is 0.0265. The summed E-state index contributed by atoms with van der Waals surface area (Å²) in [5.41, 5.74) is 0. The lowest BCUT2D eigenvalue weighted by atomic mass is 9.99. The topological polar surface area (TPSA) is 149 Å². The molecule has 0 aromatic heterocycles. The summed E-state index contributed by atoms with van der Waals surface area (Å²) in [6.07, 6.45) is 35.4. The van der Waals surface area contributed by atoms with Crippen molar-refractivity contribution in [2.45, 2.75) is 269 Å². The summed E-state index contributed by atoms with van der Waals surface area (Å²) < 4.78 is 11.2. The van der Waals surface area contributed by atoms with Crippen LogP contribution in [0.15, 0.2) is 12.2 Å². The first-order valence-electron chi connectivity index (χ1n) is 24.3. The number of amides is 1. The monoisotopic (exact) mass is 812 g/mol. The molecule has 57 heavy (non-hydrogen) atoms. The van der Waals surface area contributed by atoms with Gasteiger partial charge in [0.2, 0.25) is 5.91 Å². The van der Waals surface area contributed by atoms with Gasteiger partial charge in [0.1, 0.15) is 24.4 Å². The van der Waals surface area contributed by atoms with E-state index in [0.717, 1.165) is 44.4 Å². The van der Waals surface area contributed by atoms with E-state index in [1.54, 1.807) is 6.08 Å². The van der Waals surface area contributed by atoms with Gasteiger partial charge in [0, 0.05) is 6.42 Å². The van der Waals surface area contributed by atoms with Crippen LogP contribution in [0, 0.1) is 5.92 Å². The molecule has 1 heterocycles. The molecule has 0 bridgehead atoms. The normalized spacial score (nSPS) is 21.6. The lowest BCUT2D eigenvalue weighted by molar-refractivity contribution is -0.302. The predicted molar refractivity (Wildman–Crippen MR) is 235 cm³/mol. The molecule has 0 aliphatic carbocycles. The first-order chi connectivity index (χ1) is 27.7. The van der Waals surface area contributed by atoms with Crippen LogP contribution in [0.3, 0.4) is 0 Å². The van der Waals surface area contributed by atoms with Gasteiger partial charge >= 0.3 is 0 Å². The Morgan fingerprint density at radius 3 is 1.58 bits per heavy atom. The molecule has 6 N–H and O–H groups in total. The zero-order valence-corrected chi connectivity index (χ0v) is 37.3. The van der Waals surface area contributed by atoms with Crippen LogP contribution in [-0.4, -0.2) is 87.5 Å². The third kappa shape index (κ3) is 28.9. The van der Waals surface area contributed by atoms with Gasteiger partial charge in [-0.1, -0.05) is 213 Å². The van der Waals surface area contributed by atoms with E-state index in [1.165, 1.54) is 161 Å². The molecule has 0 saturated carbocycles. The highest BCUT2D eigenvalue weighted by Gasteiger charge is 2.44. The smallest absolute Gasteiger partial charge is 0.220 e. The number of carbonyl (C=O) groups is 1. The Hall–Kier alpha value is -1.07. The number of rotatable bonds is 40. The number of aliphatic hydroxyl groups excluding tert-OH is 5. The highest BCUT2D eigenvalue weighted by Crippen LogP contribution is 2.23. The van der Waals surface area contributed by atoms with E-state index in [0.29, 0.717) is 6.42 Å². The van der Waals surface area contributed by atoms with Crippen LogP contribution in [-0.2, 0) is 14.3 Å². The summed E-state index contributed by atoms with van der Waals surface area (Å²) in [5, 5.41) is 54.2. The minimum absolute atomic E-state index is 0.174. The zero-order valence-electron chi connectivity index (χ0n) is 37.3. The molecular weight excluding hydrogens is 719 g/mol. The van der Waals surface area contributed by atoms with Gasteiger partial charge < -0.3 is 40.3 Å². The Balaban J connectivity index is 2.30. The zero-order chi connectivity index (χ0) is 41.8. The van der Waals surface area contributed by atoms with Crippen molar-refractivity contribution in [1.82, 2.24) is 5.32 Å². The second kappa shape index (κ2) is 37.9. The number of ether oxygens (including phenoxy) is 2. The Labute approximate surface area is 350 Å². The minimum Gasteiger partial charge on any atom is -0.394 e. The average Bonchev–Trinajstić information content (AvgIpc) is 3.21. The fourth-order valence-electron chi connectivity index (χ4n) is 7.84. The number of hydrogen-bond acceptors (Lipinski definition) is 8. The molecule has 9 nitrogen and oxygen atoms in total. The molecule has 338 valence electrons. The van der Waals surface area contributed by atoms with Crippen molar-refractivity contribution in [3.05, 3.63) is 12.2 Å². The second-order valence-corrected chi connectivity index (χ2v) is 17.5.